The average Bonchev–Trinajstić information content (AvgIpc) is 2.34. The van der Waals surface area contributed by atoms with E-state index in [2.05, 4.69) is 10.6 Å². The highest BCUT2D eigenvalue weighted by atomic mass is 16.4. The zero-order valence-corrected chi connectivity index (χ0v) is 10.6. The van der Waals surface area contributed by atoms with Crippen molar-refractivity contribution < 1.29 is 19.5 Å². The smallest absolute Gasteiger partial charge is 0.306 e. The molecular formula is C12H20N2O4. The molecule has 3 N–H and O–H groups in total. The number of aliphatic carboxylic acids is 1. The lowest BCUT2D eigenvalue weighted by Crippen LogP contribution is -2.43. The maximum Gasteiger partial charge on any atom is 0.306 e. The number of carbonyl (C=O) groups excluding carboxylic acids is 2. The third-order valence-electron chi connectivity index (χ3n) is 3.17. The molecule has 0 aromatic carbocycles. The zero-order chi connectivity index (χ0) is 13.5. The summed E-state index contributed by atoms with van der Waals surface area (Å²) in [6, 6.07) is 0. The Morgan fingerprint density at radius 3 is 2.83 bits per heavy atom. The molecule has 2 amide bonds. The maximum atomic E-state index is 11.7. The molecule has 0 spiro atoms. The molecule has 2 atom stereocenters. The molecule has 0 bridgehead atoms. The molecule has 6 nitrogen and oxygen atoms in total. The number of piperidine rings is 1. The molecule has 0 aliphatic carbocycles. The minimum absolute atomic E-state index is 0.00525. The lowest BCUT2D eigenvalue weighted by Gasteiger charge is -2.21. The van der Waals surface area contributed by atoms with Gasteiger partial charge in [0.25, 0.3) is 0 Å². The van der Waals surface area contributed by atoms with Crippen LogP contribution < -0.4 is 10.6 Å². The van der Waals surface area contributed by atoms with E-state index in [1.54, 1.807) is 6.92 Å². The molecule has 0 aromatic rings. The van der Waals surface area contributed by atoms with Crippen molar-refractivity contribution >= 4 is 17.8 Å². The number of carbonyl (C=O) groups is 3. The number of hydrogen-bond donors (Lipinski definition) is 3. The Morgan fingerprint density at radius 1 is 1.56 bits per heavy atom. The number of hydrogen-bond acceptors (Lipinski definition) is 3. The number of amides is 2. The highest BCUT2D eigenvalue weighted by Gasteiger charge is 2.23. The Hall–Kier alpha value is -1.59. The number of rotatable bonds is 6. The van der Waals surface area contributed by atoms with E-state index < -0.39 is 5.97 Å². The summed E-state index contributed by atoms with van der Waals surface area (Å²) in [6.45, 7) is 2.54. The van der Waals surface area contributed by atoms with Crippen LogP contribution in [0.2, 0.25) is 0 Å². The molecule has 0 radical (unpaired) electrons. The van der Waals surface area contributed by atoms with Gasteiger partial charge in [0.15, 0.2) is 0 Å². The maximum absolute atomic E-state index is 11.7. The van der Waals surface area contributed by atoms with Crippen molar-refractivity contribution in [3.63, 3.8) is 0 Å². The van der Waals surface area contributed by atoms with Gasteiger partial charge in [-0.25, -0.2) is 0 Å². The van der Waals surface area contributed by atoms with Crippen LogP contribution >= 0.6 is 0 Å². The van der Waals surface area contributed by atoms with Crippen LogP contribution in [0.4, 0.5) is 0 Å². The fourth-order valence-electron chi connectivity index (χ4n) is 1.84. The molecule has 0 saturated carbocycles. The third kappa shape index (κ3) is 4.73. The molecule has 1 saturated heterocycles. The second kappa shape index (κ2) is 6.98. The first-order chi connectivity index (χ1) is 8.50. The van der Waals surface area contributed by atoms with Crippen LogP contribution in [0.3, 0.4) is 0 Å². The van der Waals surface area contributed by atoms with Crippen LogP contribution in [0, 0.1) is 11.8 Å². The molecule has 1 aliphatic heterocycles. The van der Waals surface area contributed by atoms with Crippen LogP contribution in [0.1, 0.15) is 32.6 Å². The standard InChI is InChI=1S/C12H20N2O4/c1-8(12(17)18)3-2-6-13-11(16)9-4-5-10(15)14-7-9/h8-9H,2-7H2,1H3,(H,13,16)(H,14,15)(H,17,18). The molecule has 18 heavy (non-hydrogen) atoms. The average molecular weight is 256 g/mol. The summed E-state index contributed by atoms with van der Waals surface area (Å²) in [4.78, 5) is 33.2. The summed E-state index contributed by atoms with van der Waals surface area (Å²) < 4.78 is 0. The van der Waals surface area contributed by atoms with Crippen LogP contribution in [-0.4, -0.2) is 36.0 Å². The fourth-order valence-corrected chi connectivity index (χ4v) is 1.84. The minimum Gasteiger partial charge on any atom is -0.481 e. The second-order valence-corrected chi connectivity index (χ2v) is 4.71. The molecule has 102 valence electrons. The van der Waals surface area contributed by atoms with Gasteiger partial charge in [0.2, 0.25) is 11.8 Å². The van der Waals surface area contributed by atoms with Gasteiger partial charge in [0, 0.05) is 19.5 Å². The van der Waals surface area contributed by atoms with Crippen molar-refractivity contribution in [1.82, 2.24) is 10.6 Å². The Balaban J connectivity index is 2.14. The van der Waals surface area contributed by atoms with Crippen molar-refractivity contribution in [2.75, 3.05) is 13.1 Å². The lowest BCUT2D eigenvalue weighted by molar-refractivity contribution is -0.141. The first-order valence-corrected chi connectivity index (χ1v) is 6.28. The quantitative estimate of drug-likeness (QED) is 0.589. The van der Waals surface area contributed by atoms with Crippen LogP contribution in [-0.2, 0) is 14.4 Å². The summed E-state index contributed by atoms with van der Waals surface area (Å²) in [5.74, 6) is -1.40. The molecule has 1 fully saturated rings. The predicted octanol–water partition coefficient (Wildman–Crippen LogP) is 0.130. The molecule has 2 unspecified atom stereocenters. The SMILES string of the molecule is CC(CCCNC(=O)C1CCC(=O)NC1)C(=O)O. The van der Waals surface area contributed by atoms with Gasteiger partial charge >= 0.3 is 5.97 Å². The van der Waals surface area contributed by atoms with Crippen LogP contribution in [0.15, 0.2) is 0 Å². The molecule has 6 heteroatoms. The van der Waals surface area contributed by atoms with Crippen LogP contribution in [0.5, 0.6) is 0 Å². The van der Waals surface area contributed by atoms with Gasteiger partial charge in [-0.05, 0) is 19.3 Å². The minimum atomic E-state index is -0.809. The molecular weight excluding hydrogens is 236 g/mol. The van der Waals surface area contributed by atoms with Gasteiger partial charge < -0.3 is 15.7 Å². The first-order valence-electron chi connectivity index (χ1n) is 6.28. The number of carboxylic acids is 1. The van der Waals surface area contributed by atoms with Gasteiger partial charge in [-0.1, -0.05) is 6.92 Å². The Kier molecular flexibility index (Phi) is 5.61. The van der Waals surface area contributed by atoms with E-state index in [9.17, 15) is 14.4 Å². The Morgan fingerprint density at radius 2 is 2.28 bits per heavy atom. The lowest BCUT2D eigenvalue weighted by atomic mass is 9.98. The highest BCUT2D eigenvalue weighted by molar-refractivity contribution is 5.83. The van der Waals surface area contributed by atoms with Crippen molar-refractivity contribution in [3.8, 4) is 0 Å². The van der Waals surface area contributed by atoms with Crippen molar-refractivity contribution in [3.05, 3.63) is 0 Å². The summed E-state index contributed by atoms with van der Waals surface area (Å²) in [7, 11) is 0. The van der Waals surface area contributed by atoms with Crippen molar-refractivity contribution in [1.29, 1.82) is 0 Å². The second-order valence-electron chi connectivity index (χ2n) is 4.71. The van der Waals surface area contributed by atoms with Crippen LogP contribution in [0.25, 0.3) is 0 Å². The van der Waals surface area contributed by atoms with Crippen molar-refractivity contribution in [2.45, 2.75) is 32.6 Å². The summed E-state index contributed by atoms with van der Waals surface area (Å²) in [6.07, 6.45) is 2.19. The Bertz CT molecular complexity index is 320. The van der Waals surface area contributed by atoms with E-state index in [-0.39, 0.29) is 23.7 Å². The molecule has 1 heterocycles. The van der Waals surface area contributed by atoms with Gasteiger partial charge in [-0.2, -0.15) is 0 Å². The summed E-state index contributed by atoms with van der Waals surface area (Å²) in [5, 5.41) is 14.1. The molecule has 0 aromatic heterocycles. The monoisotopic (exact) mass is 256 g/mol. The van der Waals surface area contributed by atoms with E-state index in [4.69, 9.17) is 5.11 Å². The normalized spacial score (nSPS) is 20.9. The number of carboxylic acid groups (broad SMARTS) is 1. The predicted molar refractivity (Wildman–Crippen MR) is 64.8 cm³/mol. The molecule has 1 aliphatic rings. The van der Waals surface area contributed by atoms with Crippen molar-refractivity contribution in [2.24, 2.45) is 11.8 Å². The summed E-state index contributed by atoms with van der Waals surface area (Å²) in [5.41, 5.74) is 0. The van der Waals surface area contributed by atoms with E-state index in [0.717, 1.165) is 0 Å². The number of nitrogens with one attached hydrogen (secondary N) is 2. The Labute approximate surface area is 106 Å². The summed E-state index contributed by atoms with van der Waals surface area (Å²) >= 11 is 0. The zero-order valence-electron chi connectivity index (χ0n) is 10.6. The van der Waals surface area contributed by atoms with Gasteiger partial charge in [-0.15, -0.1) is 0 Å². The highest BCUT2D eigenvalue weighted by Crippen LogP contribution is 2.11. The van der Waals surface area contributed by atoms with E-state index >= 15 is 0 Å². The van der Waals surface area contributed by atoms with Gasteiger partial charge in [-0.3, -0.25) is 14.4 Å². The largest absolute Gasteiger partial charge is 0.481 e. The van der Waals surface area contributed by atoms with Gasteiger partial charge in [0.1, 0.15) is 0 Å². The fraction of sp³-hybridized carbons (Fsp3) is 0.750. The third-order valence-corrected chi connectivity index (χ3v) is 3.17. The van der Waals surface area contributed by atoms with Gasteiger partial charge in [0.05, 0.1) is 11.8 Å². The van der Waals surface area contributed by atoms with E-state index in [0.29, 0.717) is 38.8 Å². The first kappa shape index (κ1) is 14.5. The topological polar surface area (TPSA) is 95.5 Å². The van der Waals surface area contributed by atoms with E-state index in [1.165, 1.54) is 0 Å². The molecule has 1 rings (SSSR count). The van der Waals surface area contributed by atoms with E-state index in [1.807, 2.05) is 0 Å².